The summed E-state index contributed by atoms with van der Waals surface area (Å²) in [6.07, 6.45) is 1.85. The predicted octanol–water partition coefficient (Wildman–Crippen LogP) is 6.52. The molecule has 0 bridgehead atoms. The summed E-state index contributed by atoms with van der Waals surface area (Å²) < 4.78 is 11.5. The summed E-state index contributed by atoms with van der Waals surface area (Å²) in [5, 5.41) is 8.62. The predicted molar refractivity (Wildman–Crippen MR) is 105 cm³/mol. The smallest absolute Gasteiger partial charge is 0.142 e. The van der Waals surface area contributed by atoms with Gasteiger partial charge in [0.15, 0.2) is 0 Å². The normalized spacial score (nSPS) is 11.8. The molecule has 0 fully saturated rings. The maximum atomic E-state index is 6.08. The van der Waals surface area contributed by atoms with Crippen molar-refractivity contribution in [2.24, 2.45) is 0 Å². The molecular weight excluding hydrogens is 308 g/mol. The largest absolute Gasteiger partial charge is 0.497 e. The van der Waals surface area contributed by atoms with Crippen LogP contribution in [0.4, 0.5) is 0 Å². The van der Waals surface area contributed by atoms with Gasteiger partial charge in [-0.1, -0.05) is 24.3 Å². The summed E-state index contributed by atoms with van der Waals surface area (Å²) >= 11 is 0. The summed E-state index contributed by atoms with van der Waals surface area (Å²) in [5.41, 5.74) is 3.37. The van der Waals surface area contributed by atoms with Gasteiger partial charge in [0, 0.05) is 10.8 Å². The Morgan fingerprint density at radius 2 is 1.64 bits per heavy atom. The summed E-state index contributed by atoms with van der Waals surface area (Å²) in [7, 11) is 1.70. The molecule has 1 heterocycles. The molecule has 0 radical (unpaired) electrons. The van der Waals surface area contributed by atoms with Crippen molar-refractivity contribution in [2.45, 2.75) is 13.8 Å². The van der Waals surface area contributed by atoms with E-state index in [0.29, 0.717) is 0 Å². The molecule has 0 atom stereocenters. The molecular formula is C23H18O2. The molecule has 2 heteroatoms. The monoisotopic (exact) mass is 326 g/mol. The molecule has 0 saturated carbocycles. The SMILES string of the molecule is COc1ccc2c(c1)c1occ(C)c(C)c1c1cc3ccccc3c21. The van der Waals surface area contributed by atoms with Gasteiger partial charge in [-0.3, -0.25) is 0 Å². The van der Waals surface area contributed by atoms with Crippen LogP contribution in [-0.4, -0.2) is 7.11 Å². The fourth-order valence-corrected chi connectivity index (χ4v) is 3.95. The molecule has 1 aromatic heterocycles. The highest BCUT2D eigenvalue weighted by Gasteiger charge is 2.17. The second-order valence-corrected chi connectivity index (χ2v) is 6.68. The minimum atomic E-state index is 0.845. The topological polar surface area (TPSA) is 22.4 Å². The van der Waals surface area contributed by atoms with Crippen LogP contribution in [0.25, 0.3) is 43.3 Å². The third-order valence-electron chi connectivity index (χ3n) is 5.36. The quantitative estimate of drug-likeness (QED) is 0.327. The number of hydrogen-bond acceptors (Lipinski definition) is 2. The third kappa shape index (κ3) is 1.85. The Kier molecular flexibility index (Phi) is 2.87. The van der Waals surface area contributed by atoms with Gasteiger partial charge in [-0.25, -0.2) is 0 Å². The average Bonchev–Trinajstić information content (AvgIpc) is 3.03. The molecule has 25 heavy (non-hydrogen) atoms. The number of fused-ring (bicyclic) bond motifs is 8. The molecule has 122 valence electrons. The lowest BCUT2D eigenvalue weighted by atomic mass is 9.96. The molecule has 5 rings (SSSR count). The van der Waals surface area contributed by atoms with Crippen LogP contribution < -0.4 is 4.74 Å². The van der Waals surface area contributed by atoms with E-state index < -0.39 is 0 Å². The lowest BCUT2D eigenvalue weighted by Gasteiger charge is -2.12. The van der Waals surface area contributed by atoms with Gasteiger partial charge in [-0.15, -0.1) is 0 Å². The summed E-state index contributed by atoms with van der Waals surface area (Å²) in [6.45, 7) is 4.28. The highest BCUT2D eigenvalue weighted by molar-refractivity contribution is 6.33. The van der Waals surface area contributed by atoms with Crippen molar-refractivity contribution in [3.63, 3.8) is 0 Å². The average molecular weight is 326 g/mol. The molecule has 4 aromatic carbocycles. The van der Waals surface area contributed by atoms with Crippen LogP contribution in [0.2, 0.25) is 0 Å². The number of aryl methyl sites for hydroxylation is 2. The molecule has 0 aliphatic heterocycles. The van der Waals surface area contributed by atoms with Gasteiger partial charge in [0.1, 0.15) is 11.3 Å². The van der Waals surface area contributed by atoms with Crippen LogP contribution in [0.15, 0.2) is 59.2 Å². The van der Waals surface area contributed by atoms with Crippen molar-refractivity contribution in [3.05, 3.63) is 65.9 Å². The van der Waals surface area contributed by atoms with Crippen LogP contribution >= 0.6 is 0 Å². The molecule has 0 N–H and O–H groups in total. The second kappa shape index (κ2) is 5.00. The van der Waals surface area contributed by atoms with Gasteiger partial charge in [0.25, 0.3) is 0 Å². The van der Waals surface area contributed by atoms with E-state index in [0.717, 1.165) is 16.7 Å². The minimum absolute atomic E-state index is 0.845. The molecule has 0 amide bonds. The number of hydrogen-bond donors (Lipinski definition) is 0. The van der Waals surface area contributed by atoms with Crippen LogP contribution in [-0.2, 0) is 0 Å². The lowest BCUT2D eigenvalue weighted by molar-refractivity contribution is 0.415. The Balaban J connectivity index is 2.18. The lowest BCUT2D eigenvalue weighted by Crippen LogP contribution is -1.88. The molecule has 0 unspecified atom stereocenters. The number of methoxy groups -OCH3 is 1. The Labute approximate surface area is 145 Å². The standard InChI is InChI=1S/C23H18O2/c1-13-12-25-23-19-11-16(24-3)8-9-18(19)22-17-7-5-4-6-15(17)10-20(22)21(23)14(13)2/h4-12H,1-3H3. The summed E-state index contributed by atoms with van der Waals surface area (Å²) in [5.74, 6) is 0.845. The van der Waals surface area contributed by atoms with Crippen LogP contribution in [0.5, 0.6) is 5.75 Å². The van der Waals surface area contributed by atoms with Gasteiger partial charge in [0.2, 0.25) is 0 Å². The van der Waals surface area contributed by atoms with E-state index in [2.05, 4.69) is 56.3 Å². The zero-order valence-electron chi connectivity index (χ0n) is 14.5. The van der Waals surface area contributed by atoms with Gasteiger partial charge in [0.05, 0.1) is 13.4 Å². The fourth-order valence-electron chi connectivity index (χ4n) is 3.95. The van der Waals surface area contributed by atoms with Crippen LogP contribution in [0.3, 0.4) is 0 Å². The maximum Gasteiger partial charge on any atom is 0.142 e. The maximum absolute atomic E-state index is 6.08. The Morgan fingerprint density at radius 3 is 2.48 bits per heavy atom. The fraction of sp³-hybridized carbons (Fsp3) is 0.130. The van der Waals surface area contributed by atoms with Crippen molar-refractivity contribution in [1.82, 2.24) is 0 Å². The number of benzene rings is 3. The van der Waals surface area contributed by atoms with Crippen molar-refractivity contribution in [2.75, 3.05) is 7.11 Å². The zero-order valence-corrected chi connectivity index (χ0v) is 14.5. The molecule has 0 aliphatic carbocycles. The Morgan fingerprint density at radius 1 is 0.800 bits per heavy atom. The van der Waals surface area contributed by atoms with Gasteiger partial charge in [-0.05, 0) is 76.2 Å². The second-order valence-electron chi connectivity index (χ2n) is 6.68. The molecule has 5 aromatic rings. The highest BCUT2D eigenvalue weighted by Crippen LogP contribution is 2.43. The van der Waals surface area contributed by atoms with E-state index in [4.69, 9.17) is 9.15 Å². The molecule has 2 nitrogen and oxygen atoms in total. The van der Waals surface area contributed by atoms with E-state index in [9.17, 15) is 0 Å². The first kappa shape index (κ1) is 14.4. The van der Waals surface area contributed by atoms with Gasteiger partial charge < -0.3 is 9.15 Å². The van der Waals surface area contributed by atoms with E-state index >= 15 is 0 Å². The van der Waals surface area contributed by atoms with Crippen molar-refractivity contribution in [3.8, 4) is 5.75 Å². The third-order valence-corrected chi connectivity index (χ3v) is 5.36. The Bertz CT molecular complexity index is 1290. The number of ether oxygens (including phenoxy) is 1. The first-order chi connectivity index (χ1) is 12.2. The van der Waals surface area contributed by atoms with Crippen molar-refractivity contribution in [1.29, 1.82) is 0 Å². The number of rotatable bonds is 1. The van der Waals surface area contributed by atoms with E-state index in [1.165, 1.54) is 43.4 Å². The molecule has 0 spiro atoms. The van der Waals surface area contributed by atoms with Crippen LogP contribution in [0.1, 0.15) is 11.1 Å². The van der Waals surface area contributed by atoms with E-state index in [1.807, 2.05) is 12.3 Å². The summed E-state index contributed by atoms with van der Waals surface area (Å²) in [4.78, 5) is 0. The zero-order chi connectivity index (χ0) is 17.1. The van der Waals surface area contributed by atoms with E-state index in [-0.39, 0.29) is 0 Å². The van der Waals surface area contributed by atoms with Crippen molar-refractivity contribution >= 4 is 43.3 Å². The van der Waals surface area contributed by atoms with Gasteiger partial charge in [-0.2, -0.15) is 0 Å². The highest BCUT2D eigenvalue weighted by atomic mass is 16.5. The minimum Gasteiger partial charge on any atom is -0.497 e. The van der Waals surface area contributed by atoms with Crippen molar-refractivity contribution < 1.29 is 9.15 Å². The van der Waals surface area contributed by atoms with Crippen LogP contribution in [0, 0.1) is 13.8 Å². The Hall–Kier alpha value is -3.00. The van der Waals surface area contributed by atoms with E-state index in [1.54, 1.807) is 7.11 Å². The first-order valence-electron chi connectivity index (χ1n) is 8.48. The summed E-state index contributed by atoms with van der Waals surface area (Å²) in [6, 6.07) is 17.1. The van der Waals surface area contributed by atoms with Gasteiger partial charge >= 0.3 is 0 Å². The molecule has 0 saturated heterocycles. The first-order valence-corrected chi connectivity index (χ1v) is 8.48. The molecule has 0 aliphatic rings.